The van der Waals surface area contributed by atoms with E-state index in [2.05, 4.69) is 4.98 Å². The van der Waals surface area contributed by atoms with Gasteiger partial charge in [-0.05, 0) is 12.1 Å². The first-order valence-electron chi connectivity index (χ1n) is 3.69. The van der Waals surface area contributed by atoms with Gasteiger partial charge in [-0.3, -0.25) is 0 Å². The maximum atomic E-state index is 9.46. The molecule has 13 heavy (non-hydrogen) atoms. The molecule has 0 bridgehead atoms. The van der Waals surface area contributed by atoms with Crippen LogP contribution in [0.15, 0.2) is 18.2 Å². The number of halogens is 2. The summed E-state index contributed by atoms with van der Waals surface area (Å²) in [5.41, 5.74) is 0.320. The van der Waals surface area contributed by atoms with Gasteiger partial charge in [0.2, 0.25) is 0 Å². The van der Waals surface area contributed by atoms with Crippen LogP contribution in [0.5, 0.6) is 0 Å². The molecule has 2 unspecified atom stereocenters. The molecule has 1 aromatic heterocycles. The summed E-state index contributed by atoms with van der Waals surface area (Å²) in [4.78, 5) is 3.84. The third-order valence-corrected chi connectivity index (χ3v) is 2.09. The Hall–Kier alpha value is -0.350. The highest BCUT2D eigenvalue weighted by Crippen LogP contribution is 2.17. The maximum Gasteiger partial charge on any atom is 0.129 e. The van der Waals surface area contributed by atoms with Crippen LogP contribution in [0.25, 0.3) is 0 Å². The summed E-state index contributed by atoms with van der Waals surface area (Å²) in [6, 6.07) is 4.81. The van der Waals surface area contributed by atoms with Gasteiger partial charge in [-0.1, -0.05) is 17.7 Å². The minimum Gasteiger partial charge on any atom is -0.389 e. The minimum absolute atomic E-state index is 0.0463. The molecule has 1 heterocycles. The number of aromatic nitrogens is 1. The van der Waals surface area contributed by atoms with Gasteiger partial charge in [-0.25, -0.2) is 4.98 Å². The highest BCUT2D eigenvalue weighted by molar-refractivity contribution is 6.29. The molecule has 0 radical (unpaired) electrons. The Morgan fingerprint density at radius 2 is 2.08 bits per heavy atom. The molecule has 2 atom stereocenters. The van der Waals surface area contributed by atoms with Crippen LogP contribution in [0, 0.1) is 0 Å². The molecule has 0 aliphatic rings. The molecule has 0 aromatic carbocycles. The van der Waals surface area contributed by atoms with Crippen molar-refractivity contribution in [1.82, 2.24) is 4.98 Å². The van der Waals surface area contributed by atoms with E-state index in [0.29, 0.717) is 5.69 Å². The van der Waals surface area contributed by atoms with E-state index in [4.69, 9.17) is 23.2 Å². The van der Waals surface area contributed by atoms with Crippen molar-refractivity contribution in [2.45, 2.75) is 12.2 Å². The zero-order valence-electron chi connectivity index (χ0n) is 6.69. The lowest BCUT2D eigenvalue weighted by molar-refractivity contribution is 0.0300. The number of aliphatic hydroxyl groups excluding tert-OH is 2. The normalized spacial score (nSPS) is 15.4. The van der Waals surface area contributed by atoms with Crippen LogP contribution in [0.4, 0.5) is 0 Å². The van der Waals surface area contributed by atoms with Gasteiger partial charge in [0.15, 0.2) is 0 Å². The highest BCUT2D eigenvalue weighted by Gasteiger charge is 2.18. The lowest BCUT2D eigenvalue weighted by Crippen LogP contribution is -2.20. The average Bonchev–Trinajstić information content (AvgIpc) is 2.15. The van der Waals surface area contributed by atoms with Gasteiger partial charge in [0.25, 0.3) is 0 Å². The van der Waals surface area contributed by atoms with E-state index in [0.717, 1.165) is 0 Å². The van der Waals surface area contributed by atoms with Gasteiger partial charge >= 0.3 is 0 Å². The van der Waals surface area contributed by atoms with Gasteiger partial charge in [-0.2, -0.15) is 0 Å². The molecular formula is C8H9Cl2NO2. The lowest BCUT2D eigenvalue weighted by Gasteiger charge is -2.14. The minimum atomic E-state index is -1.09. The molecule has 0 spiro atoms. The second-order valence-corrected chi connectivity index (χ2v) is 3.25. The van der Waals surface area contributed by atoms with Crippen LogP contribution < -0.4 is 0 Å². The van der Waals surface area contributed by atoms with E-state index < -0.39 is 12.2 Å². The number of aliphatic hydroxyl groups is 2. The van der Waals surface area contributed by atoms with E-state index in [1.807, 2.05) is 0 Å². The molecule has 0 saturated carbocycles. The largest absolute Gasteiger partial charge is 0.389 e. The van der Waals surface area contributed by atoms with Crippen molar-refractivity contribution >= 4 is 23.2 Å². The summed E-state index contributed by atoms with van der Waals surface area (Å²) in [5, 5.41) is 18.9. The standard InChI is InChI=1S/C8H9Cl2NO2/c9-4-6(12)8(13)5-2-1-3-7(10)11-5/h1-3,6,8,12-13H,4H2. The zero-order valence-corrected chi connectivity index (χ0v) is 8.20. The number of nitrogens with zero attached hydrogens (tertiary/aromatic N) is 1. The van der Waals surface area contributed by atoms with Gasteiger partial charge in [-0.15, -0.1) is 11.6 Å². The first-order chi connectivity index (χ1) is 6.15. The number of alkyl halides is 1. The van der Waals surface area contributed by atoms with Crippen molar-refractivity contribution in [3.8, 4) is 0 Å². The van der Waals surface area contributed by atoms with Crippen LogP contribution in [0.1, 0.15) is 11.8 Å². The third-order valence-electron chi connectivity index (χ3n) is 1.56. The lowest BCUT2D eigenvalue weighted by atomic mass is 10.1. The van der Waals surface area contributed by atoms with E-state index in [1.165, 1.54) is 0 Å². The predicted octanol–water partition coefficient (Wildman–Crippen LogP) is 1.37. The van der Waals surface area contributed by atoms with Crippen molar-refractivity contribution < 1.29 is 10.2 Å². The van der Waals surface area contributed by atoms with Crippen molar-refractivity contribution in [3.05, 3.63) is 29.0 Å². The molecule has 5 heteroatoms. The average molecular weight is 222 g/mol. The molecule has 0 fully saturated rings. The molecular weight excluding hydrogens is 213 g/mol. The molecule has 1 rings (SSSR count). The van der Waals surface area contributed by atoms with Crippen LogP contribution in [-0.4, -0.2) is 27.2 Å². The van der Waals surface area contributed by atoms with Crippen LogP contribution in [0.2, 0.25) is 5.15 Å². The molecule has 0 aliphatic heterocycles. The van der Waals surface area contributed by atoms with Gasteiger partial charge in [0.05, 0.1) is 17.7 Å². The molecule has 3 nitrogen and oxygen atoms in total. The Balaban J connectivity index is 2.82. The SMILES string of the molecule is OC(CCl)C(O)c1cccc(Cl)n1. The maximum absolute atomic E-state index is 9.46. The molecule has 1 aromatic rings. The third kappa shape index (κ3) is 2.81. The van der Waals surface area contributed by atoms with Crippen molar-refractivity contribution in [1.29, 1.82) is 0 Å². The number of pyridine rings is 1. The second kappa shape index (κ2) is 4.77. The second-order valence-electron chi connectivity index (χ2n) is 2.55. The first kappa shape index (κ1) is 10.7. The summed E-state index contributed by atoms with van der Waals surface area (Å²) in [6.45, 7) is 0. The molecule has 0 aliphatic carbocycles. The molecule has 2 N–H and O–H groups in total. The topological polar surface area (TPSA) is 53.4 Å². The summed E-state index contributed by atoms with van der Waals surface area (Å²) < 4.78 is 0. The van der Waals surface area contributed by atoms with E-state index >= 15 is 0 Å². The number of hydrogen-bond acceptors (Lipinski definition) is 3. The predicted molar refractivity (Wildman–Crippen MR) is 50.9 cm³/mol. The number of hydrogen-bond donors (Lipinski definition) is 2. The van der Waals surface area contributed by atoms with Crippen molar-refractivity contribution in [2.24, 2.45) is 0 Å². The Kier molecular flexibility index (Phi) is 3.93. The Bertz CT molecular complexity index is 283. The fourth-order valence-electron chi connectivity index (χ4n) is 0.870. The Morgan fingerprint density at radius 3 is 2.62 bits per heavy atom. The molecule has 72 valence electrons. The monoisotopic (exact) mass is 221 g/mol. The fourth-order valence-corrected chi connectivity index (χ4v) is 1.21. The number of rotatable bonds is 3. The van der Waals surface area contributed by atoms with Crippen molar-refractivity contribution in [3.63, 3.8) is 0 Å². The summed E-state index contributed by atoms with van der Waals surface area (Å²) in [6.07, 6.45) is -2.11. The van der Waals surface area contributed by atoms with Gasteiger partial charge in [0.1, 0.15) is 11.3 Å². The summed E-state index contributed by atoms with van der Waals surface area (Å²) in [5.74, 6) is -0.0463. The smallest absolute Gasteiger partial charge is 0.129 e. The fraction of sp³-hybridized carbons (Fsp3) is 0.375. The first-order valence-corrected chi connectivity index (χ1v) is 4.61. The summed E-state index contributed by atoms with van der Waals surface area (Å²) in [7, 11) is 0. The van der Waals surface area contributed by atoms with Gasteiger partial charge < -0.3 is 10.2 Å². The Morgan fingerprint density at radius 1 is 1.38 bits per heavy atom. The highest BCUT2D eigenvalue weighted by atomic mass is 35.5. The molecule has 0 saturated heterocycles. The zero-order chi connectivity index (χ0) is 9.84. The quantitative estimate of drug-likeness (QED) is 0.599. The van der Waals surface area contributed by atoms with E-state index in [1.54, 1.807) is 18.2 Å². The molecule has 0 amide bonds. The van der Waals surface area contributed by atoms with Crippen LogP contribution in [0.3, 0.4) is 0 Å². The van der Waals surface area contributed by atoms with Crippen LogP contribution in [-0.2, 0) is 0 Å². The van der Waals surface area contributed by atoms with E-state index in [9.17, 15) is 10.2 Å². The Labute approximate surface area is 85.9 Å². The van der Waals surface area contributed by atoms with Crippen LogP contribution >= 0.6 is 23.2 Å². The van der Waals surface area contributed by atoms with Gasteiger partial charge in [0, 0.05) is 0 Å². The summed E-state index contributed by atoms with van der Waals surface area (Å²) >= 11 is 11.0. The van der Waals surface area contributed by atoms with E-state index in [-0.39, 0.29) is 11.0 Å². The van der Waals surface area contributed by atoms with Crippen molar-refractivity contribution in [2.75, 3.05) is 5.88 Å².